The maximum Gasteiger partial charge on any atom is 0.175 e. The second kappa shape index (κ2) is 4.70. The van der Waals surface area contributed by atoms with Crippen molar-refractivity contribution in [2.75, 3.05) is 12.0 Å². The molecule has 0 saturated heterocycles. The van der Waals surface area contributed by atoms with E-state index in [0.29, 0.717) is 17.1 Å². The molecule has 0 atom stereocenters. The number of aryl methyl sites for hydroxylation is 1. The van der Waals surface area contributed by atoms with Crippen molar-refractivity contribution >= 4 is 15.5 Å². The van der Waals surface area contributed by atoms with Gasteiger partial charge in [0.2, 0.25) is 0 Å². The quantitative estimate of drug-likeness (QED) is 0.924. The minimum atomic E-state index is -3.15. The van der Waals surface area contributed by atoms with Gasteiger partial charge in [-0.05, 0) is 31.5 Å². The van der Waals surface area contributed by atoms with Crippen LogP contribution in [0, 0.1) is 13.8 Å². The highest BCUT2D eigenvalue weighted by Crippen LogP contribution is 2.17. The minimum absolute atomic E-state index is 0.323. The Balaban J connectivity index is 2.27. The number of rotatable bonds is 3. The fourth-order valence-corrected chi connectivity index (χ4v) is 2.51. The van der Waals surface area contributed by atoms with Crippen molar-refractivity contribution in [1.82, 2.24) is 9.78 Å². The number of sulfone groups is 1. The molecule has 6 heteroatoms. The third-order valence-corrected chi connectivity index (χ3v) is 4.25. The molecule has 0 aliphatic heterocycles. The fraction of sp³-hybridized carbons (Fsp3) is 0.308. The standard InChI is InChI=1S/C13H17N3O2S/c1-9-13(14)10(2)16(15-9)8-11-4-6-12(7-5-11)19(3,17)18/h4-7H,8,14H2,1-3H3. The van der Waals surface area contributed by atoms with Gasteiger partial charge in [0.25, 0.3) is 0 Å². The molecule has 0 saturated carbocycles. The van der Waals surface area contributed by atoms with Crippen LogP contribution in [0.5, 0.6) is 0 Å². The predicted octanol–water partition coefficient (Wildman–Crippen LogP) is 1.53. The maximum atomic E-state index is 11.4. The number of nitrogen functional groups attached to an aromatic ring is 1. The Morgan fingerprint density at radius 2 is 1.79 bits per heavy atom. The lowest BCUT2D eigenvalue weighted by molar-refractivity contribution is 0.601. The highest BCUT2D eigenvalue weighted by atomic mass is 32.2. The van der Waals surface area contributed by atoms with E-state index < -0.39 is 9.84 Å². The van der Waals surface area contributed by atoms with Gasteiger partial charge in [-0.1, -0.05) is 12.1 Å². The number of hydrogen-bond donors (Lipinski definition) is 1. The molecule has 5 nitrogen and oxygen atoms in total. The van der Waals surface area contributed by atoms with Crippen molar-refractivity contribution in [3.63, 3.8) is 0 Å². The molecule has 2 aromatic rings. The highest BCUT2D eigenvalue weighted by molar-refractivity contribution is 7.90. The summed E-state index contributed by atoms with van der Waals surface area (Å²) in [5.74, 6) is 0. The van der Waals surface area contributed by atoms with Crippen molar-refractivity contribution in [3.05, 3.63) is 41.2 Å². The molecule has 1 aromatic heterocycles. The van der Waals surface area contributed by atoms with Gasteiger partial charge in [0.05, 0.1) is 28.5 Å². The summed E-state index contributed by atoms with van der Waals surface area (Å²) in [5.41, 5.74) is 9.29. The number of aromatic nitrogens is 2. The number of nitrogens with two attached hydrogens (primary N) is 1. The Kier molecular flexibility index (Phi) is 3.36. The molecule has 1 aromatic carbocycles. The first-order valence-electron chi connectivity index (χ1n) is 5.87. The summed E-state index contributed by atoms with van der Waals surface area (Å²) < 4.78 is 24.6. The van der Waals surface area contributed by atoms with Gasteiger partial charge in [-0.15, -0.1) is 0 Å². The molecule has 2 N–H and O–H groups in total. The maximum absolute atomic E-state index is 11.4. The monoisotopic (exact) mass is 279 g/mol. The zero-order valence-electron chi connectivity index (χ0n) is 11.2. The molecule has 0 unspecified atom stereocenters. The molecule has 102 valence electrons. The van der Waals surface area contributed by atoms with Gasteiger partial charge in [0.15, 0.2) is 9.84 Å². The average molecular weight is 279 g/mol. The molecular formula is C13H17N3O2S. The van der Waals surface area contributed by atoms with Gasteiger partial charge < -0.3 is 5.73 Å². The largest absolute Gasteiger partial charge is 0.396 e. The SMILES string of the molecule is Cc1nn(Cc2ccc(S(C)(=O)=O)cc2)c(C)c1N. The van der Waals surface area contributed by atoms with Crippen LogP contribution in [-0.4, -0.2) is 24.5 Å². The smallest absolute Gasteiger partial charge is 0.175 e. The molecule has 0 aliphatic carbocycles. The Morgan fingerprint density at radius 1 is 1.21 bits per heavy atom. The summed E-state index contributed by atoms with van der Waals surface area (Å²) in [6, 6.07) is 6.81. The van der Waals surface area contributed by atoms with Gasteiger partial charge in [0.1, 0.15) is 0 Å². The van der Waals surface area contributed by atoms with Crippen LogP contribution >= 0.6 is 0 Å². The first kappa shape index (κ1) is 13.6. The Morgan fingerprint density at radius 3 is 2.21 bits per heavy atom. The minimum Gasteiger partial charge on any atom is -0.396 e. The lowest BCUT2D eigenvalue weighted by Crippen LogP contribution is -2.05. The molecule has 19 heavy (non-hydrogen) atoms. The van der Waals surface area contributed by atoms with Crippen LogP contribution in [0.25, 0.3) is 0 Å². The van der Waals surface area contributed by atoms with Crippen molar-refractivity contribution in [2.45, 2.75) is 25.3 Å². The van der Waals surface area contributed by atoms with Crippen molar-refractivity contribution < 1.29 is 8.42 Å². The summed E-state index contributed by atoms with van der Waals surface area (Å²) in [7, 11) is -3.15. The number of hydrogen-bond acceptors (Lipinski definition) is 4. The number of anilines is 1. The average Bonchev–Trinajstić information content (AvgIpc) is 2.57. The van der Waals surface area contributed by atoms with E-state index in [-0.39, 0.29) is 0 Å². The van der Waals surface area contributed by atoms with Gasteiger partial charge in [0, 0.05) is 6.26 Å². The summed E-state index contributed by atoms with van der Waals surface area (Å²) in [5, 5.41) is 4.35. The Labute approximate surface area is 113 Å². The van der Waals surface area contributed by atoms with Crippen LogP contribution in [0.1, 0.15) is 17.0 Å². The molecule has 0 aliphatic rings. The normalized spacial score (nSPS) is 11.7. The number of benzene rings is 1. The van der Waals surface area contributed by atoms with E-state index in [4.69, 9.17) is 5.73 Å². The van der Waals surface area contributed by atoms with Crippen LogP contribution in [0.3, 0.4) is 0 Å². The Hall–Kier alpha value is -1.82. The van der Waals surface area contributed by atoms with E-state index in [1.54, 1.807) is 24.3 Å². The first-order chi connectivity index (χ1) is 8.79. The zero-order chi connectivity index (χ0) is 14.2. The molecule has 0 radical (unpaired) electrons. The van der Waals surface area contributed by atoms with Crippen LogP contribution in [0.15, 0.2) is 29.2 Å². The van der Waals surface area contributed by atoms with Crippen LogP contribution in [0.2, 0.25) is 0 Å². The lowest BCUT2D eigenvalue weighted by atomic mass is 10.2. The fourth-order valence-electron chi connectivity index (χ4n) is 1.88. The summed E-state index contributed by atoms with van der Waals surface area (Å²) in [6.45, 7) is 4.36. The van der Waals surface area contributed by atoms with Gasteiger partial charge in [-0.3, -0.25) is 4.68 Å². The molecule has 0 spiro atoms. The predicted molar refractivity (Wildman–Crippen MR) is 74.8 cm³/mol. The number of nitrogens with zero attached hydrogens (tertiary/aromatic N) is 2. The first-order valence-corrected chi connectivity index (χ1v) is 7.76. The summed E-state index contributed by atoms with van der Waals surface area (Å²) in [4.78, 5) is 0.323. The molecule has 0 bridgehead atoms. The van der Waals surface area contributed by atoms with E-state index in [2.05, 4.69) is 5.10 Å². The summed E-state index contributed by atoms with van der Waals surface area (Å²) >= 11 is 0. The Bertz CT molecular complexity index is 700. The highest BCUT2D eigenvalue weighted by Gasteiger charge is 2.10. The third-order valence-electron chi connectivity index (χ3n) is 3.12. The molecular weight excluding hydrogens is 262 g/mol. The second-order valence-corrected chi connectivity index (χ2v) is 6.67. The molecule has 0 fully saturated rings. The van der Waals surface area contributed by atoms with Crippen molar-refractivity contribution in [1.29, 1.82) is 0 Å². The second-order valence-electron chi connectivity index (χ2n) is 4.66. The van der Waals surface area contributed by atoms with Gasteiger partial charge in [-0.2, -0.15) is 5.10 Å². The molecule has 1 heterocycles. The third kappa shape index (κ3) is 2.78. The van der Waals surface area contributed by atoms with Crippen LogP contribution < -0.4 is 5.73 Å². The van der Waals surface area contributed by atoms with E-state index in [0.717, 1.165) is 17.0 Å². The van der Waals surface area contributed by atoms with E-state index >= 15 is 0 Å². The topological polar surface area (TPSA) is 78.0 Å². The van der Waals surface area contributed by atoms with Crippen molar-refractivity contribution in [2.24, 2.45) is 0 Å². The van der Waals surface area contributed by atoms with Crippen molar-refractivity contribution in [3.8, 4) is 0 Å². The zero-order valence-corrected chi connectivity index (χ0v) is 12.0. The summed E-state index contributed by atoms with van der Waals surface area (Å²) in [6.07, 6.45) is 1.20. The van der Waals surface area contributed by atoms with E-state index in [1.165, 1.54) is 6.26 Å². The van der Waals surface area contributed by atoms with E-state index in [9.17, 15) is 8.42 Å². The van der Waals surface area contributed by atoms with E-state index in [1.807, 2.05) is 18.5 Å². The van der Waals surface area contributed by atoms with Gasteiger partial charge in [-0.25, -0.2) is 8.42 Å². The lowest BCUT2D eigenvalue weighted by Gasteiger charge is -2.06. The molecule has 2 rings (SSSR count). The van der Waals surface area contributed by atoms with Crippen LogP contribution in [-0.2, 0) is 16.4 Å². The molecule has 0 amide bonds. The van der Waals surface area contributed by atoms with Gasteiger partial charge >= 0.3 is 0 Å². The van der Waals surface area contributed by atoms with Crippen LogP contribution in [0.4, 0.5) is 5.69 Å².